The third-order valence-electron chi connectivity index (χ3n) is 3.44. The highest BCUT2D eigenvalue weighted by atomic mass is 16.5. The fourth-order valence-corrected chi connectivity index (χ4v) is 2.28. The number of nitrogens with one attached hydrogen (secondary N) is 1. The molecule has 22 heavy (non-hydrogen) atoms. The number of benzene rings is 2. The first-order valence-corrected chi connectivity index (χ1v) is 7.17. The molecule has 0 amide bonds. The van der Waals surface area contributed by atoms with Crippen molar-refractivity contribution in [1.82, 2.24) is 5.32 Å². The third kappa shape index (κ3) is 4.24. The lowest BCUT2D eigenvalue weighted by molar-refractivity contribution is 0.398. The Morgan fingerprint density at radius 2 is 1.95 bits per heavy atom. The van der Waals surface area contributed by atoms with E-state index in [9.17, 15) is 0 Å². The van der Waals surface area contributed by atoms with E-state index in [-0.39, 0.29) is 0 Å². The van der Waals surface area contributed by atoms with Crippen LogP contribution in [0.25, 0.3) is 0 Å². The molecule has 0 saturated carbocycles. The van der Waals surface area contributed by atoms with Gasteiger partial charge in [0.15, 0.2) is 0 Å². The van der Waals surface area contributed by atoms with E-state index in [1.807, 2.05) is 42.5 Å². The Hall–Kier alpha value is -2.51. The van der Waals surface area contributed by atoms with Crippen molar-refractivity contribution in [2.75, 3.05) is 20.8 Å². The zero-order valence-electron chi connectivity index (χ0n) is 12.9. The Labute approximate surface area is 131 Å². The number of hydrogen-bond donors (Lipinski definition) is 1. The summed E-state index contributed by atoms with van der Waals surface area (Å²) in [6.45, 7) is 1.56. The van der Waals surface area contributed by atoms with Crippen LogP contribution in [0, 0.1) is 11.3 Å². The molecule has 4 heteroatoms. The SMILES string of the molecule is COc1ccc(OC)c(CCNCc2cccc(C#N)c2)c1. The van der Waals surface area contributed by atoms with Gasteiger partial charge < -0.3 is 14.8 Å². The molecule has 0 saturated heterocycles. The molecule has 0 aliphatic rings. The van der Waals surface area contributed by atoms with Gasteiger partial charge in [-0.25, -0.2) is 0 Å². The molecule has 0 heterocycles. The zero-order chi connectivity index (χ0) is 15.8. The summed E-state index contributed by atoms with van der Waals surface area (Å²) < 4.78 is 10.6. The van der Waals surface area contributed by atoms with Gasteiger partial charge in [-0.05, 0) is 54.4 Å². The van der Waals surface area contributed by atoms with Crippen molar-refractivity contribution in [2.24, 2.45) is 0 Å². The lowest BCUT2D eigenvalue weighted by Gasteiger charge is -2.11. The van der Waals surface area contributed by atoms with Crippen molar-refractivity contribution in [3.8, 4) is 17.6 Å². The molecule has 0 aliphatic carbocycles. The van der Waals surface area contributed by atoms with E-state index in [2.05, 4.69) is 11.4 Å². The smallest absolute Gasteiger partial charge is 0.122 e. The number of ether oxygens (including phenoxy) is 2. The van der Waals surface area contributed by atoms with E-state index < -0.39 is 0 Å². The second-order valence-corrected chi connectivity index (χ2v) is 4.92. The van der Waals surface area contributed by atoms with Crippen LogP contribution in [0.2, 0.25) is 0 Å². The number of nitrogens with zero attached hydrogens (tertiary/aromatic N) is 1. The molecule has 2 aromatic rings. The molecule has 2 aromatic carbocycles. The van der Waals surface area contributed by atoms with E-state index in [4.69, 9.17) is 14.7 Å². The predicted molar refractivity (Wildman–Crippen MR) is 86.1 cm³/mol. The average Bonchev–Trinajstić information content (AvgIpc) is 2.58. The van der Waals surface area contributed by atoms with Crippen LogP contribution < -0.4 is 14.8 Å². The van der Waals surface area contributed by atoms with Crippen LogP contribution in [0.5, 0.6) is 11.5 Å². The first-order valence-electron chi connectivity index (χ1n) is 7.17. The largest absolute Gasteiger partial charge is 0.497 e. The molecule has 0 aromatic heterocycles. The monoisotopic (exact) mass is 296 g/mol. The van der Waals surface area contributed by atoms with Crippen molar-refractivity contribution < 1.29 is 9.47 Å². The third-order valence-corrected chi connectivity index (χ3v) is 3.44. The highest BCUT2D eigenvalue weighted by molar-refractivity contribution is 5.40. The number of hydrogen-bond acceptors (Lipinski definition) is 4. The Kier molecular flexibility index (Phi) is 5.81. The Morgan fingerprint density at radius 3 is 2.68 bits per heavy atom. The van der Waals surface area contributed by atoms with E-state index in [0.29, 0.717) is 5.56 Å². The van der Waals surface area contributed by atoms with Crippen molar-refractivity contribution in [3.05, 3.63) is 59.2 Å². The van der Waals surface area contributed by atoms with Gasteiger partial charge in [0.1, 0.15) is 11.5 Å². The molecule has 0 unspecified atom stereocenters. The second kappa shape index (κ2) is 8.06. The first-order chi connectivity index (χ1) is 10.8. The minimum atomic E-state index is 0.689. The number of methoxy groups -OCH3 is 2. The molecule has 0 atom stereocenters. The van der Waals surface area contributed by atoms with Crippen LogP contribution in [-0.4, -0.2) is 20.8 Å². The van der Waals surface area contributed by atoms with Gasteiger partial charge in [0.25, 0.3) is 0 Å². The molecule has 4 nitrogen and oxygen atoms in total. The van der Waals surface area contributed by atoms with Crippen LogP contribution in [-0.2, 0) is 13.0 Å². The molecule has 114 valence electrons. The minimum absolute atomic E-state index is 0.689. The summed E-state index contributed by atoms with van der Waals surface area (Å²) in [7, 11) is 3.33. The molecule has 0 bridgehead atoms. The lowest BCUT2D eigenvalue weighted by Crippen LogP contribution is -2.17. The Balaban J connectivity index is 1.89. The van der Waals surface area contributed by atoms with Crippen molar-refractivity contribution in [1.29, 1.82) is 5.26 Å². The molecule has 0 aliphatic heterocycles. The van der Waals surface area contributed by atoms with Gasteiger partial charge in [-0.2, -0.15) is 5.26 Å². The normalized spacial score (nSPS) is 10.0. The quantitative estimate of drug-likeness (QED) is 0.798. The van der Waals surface area contributed by atoms with E-state index in [1.54, 1.807) is 14.2 Å². The van der Waals surface area contributed by atoms with Crippen molar-refractivity contribution >= 4 is 0 Å². The highest BCUT2D eigenvalue weighted by Gasteiger charge is 2.05. The molecule has 2 rings (SSSR count). The van der Waals surface area contributed by atoms with Gasteiger partial charge in [-0.1, -0.05) is 12.1 Å². The maximum atomic E-state index is 8.89. The van der Waals surface area contributed by atoms with Gasteiger partial charge >= 0.3 is 0 Å². The summed E-state index contributed by atoms with van der Waals surface area (Å²) >= 11 is 0. The summed E-state index contributed by atoms with van der Waals surface area (Å²) in [6, 6.07) is 15.6. The molecular formula is C18H20N2O2. The fraction of sp³-hybridized carbons (Fsp3) is 0.278. The van der Waals surface area contributed by atoms with E-state index >= 15 is 0 Å². The minimum Gasteiger partial charge on any atom is -0.497 e. The zero-order valence-corrected chi connectivity index (χ0v) is 12.9. The first kappa shape index (κ1) is 15.9. The Bertz CT molecular complexity index is 662. The summed E-state index contributed by atoms with van der Waals surface area (Å²) in [4.78, 5) is 0. The summed E-state index contributed by atoms with van der Waals surface area (Å²) in [5, 5.41) is 12.3. The van der Waals surface area contributed by atoms with Gasteiger partial charge in [0.2, 0.25) is 0 Å². The van der Waals surface area contributed by atoms with Crippen molar-refractivity contribution in [2.45, 2.75) is 13.0 Å². The van der Waals surface area contributed by atoms with Crippen LogP contribution in [0.15, 0.2) is 42.5 Å². The molecular weight excluding hydrogens is 276 g/mol. The number of nitriles is 1. The van der Waals surface area contributed by atoms with Crippen LogP contribution in [0.4, 0.5) is 0 Å². The summed E-state index contributed by atoms with van der Waals surface area (Å²) in [6.07, 6.45) is 0.846. The average molecular weight is 296 g/mol. The fourth-order valence-electron chi connectivity index (χ4n) is 2.28. The van der Waals surface area contributed by atoms with E-state index in [0.717, 1.165) is 42.1 Å². The maximum absolute atomic E-state index is 8.89. The molecule has 0 fully saturated rings. The van der Waals surface area contributed by atoms with Gasteiger partial charge in [-0.15, -0.1) is 0 Å². The maximum Gasteiger partial charge on any atom is 0.122 e. The Morgan fingerprint density at radius 1 is 1.09 bits per heavy atom. The molecule has 0 radical (unpaired) electrons. The molecule has 0 spiro atoms. The standard InChI is InChI=1S/C18H20N2O2/c1-21-17-6-7-18(22-2)16(11-17)8-9-20-13-15-5-3-4-14(10-15)12-19/h3-7,10-11,20H,8-9,13H2,1-2H3. The van der Waals surface area contributed by atoms with Crippen LogP contribution in [0.3, 0.4) is 0 Å². The van der Waals surface area contributed by atoms with Gasteiger partial charge in [0, 0.05) is 6.54 Å². The van der Waals surface area contributed by atoms with Crippen LogP contribution in [0.1, 0.15) is 16.7 Å². The topological polar surface area (TPSA) is 54.3 Å². The van der Waals surface area contributed by atoms with Gasteiger partial charge in [-0.3, -0.25) is 0 Å². The lowest BCUT2D eigenvalue weighted by atomic mass is 10.1. The predicted octanol–water partition coefficient (Wildman–Crippen LogP) is 2.91. The highest BCUT2D eigenvalue weighted by Crippen LogP contribution is 2.24. The van der Waals surface area contributed by atoms with Gasteiger partial charge in [0.05, 0.1) is 25.9 Å². The second-order valence-electron chi connectivity index (χ2n) is 4.92. The summed E-state index contributed by atoms with van der Waals surface area (Å²) in [5.41, 5.74) is 2.91. The number of rotatable bonds is 7. The summed E-state index contributed by atoms with van der Waals surface area (Å²) in [5.74, 6) is 1.70. The van der Waals surface area contributed by atoms with Crippen molar-refractivity contribution in [3.63, 3.8) is 0 Å². The van der Waals surface area contributed by atoms with Crippen LogP contribution >= 0.6 is 0 Å². The molecule has 1 N–H and O–H groups in total. The van der Waals surface area contributed by atoms with E-state index in [1.165, 1.54) is 0 Å².